The fourth-order valence-electron chi connectivity index (χ4n) is 3.43. The number of hydrogen-bond acceptors (Lipinski definition) is 5. The Morgan fingerprint density at radius 3 is 2.60 bits per heavy atom. The van der Waals surface area contributed by atoms with Crippen LogP contribution in [0.15, 0.2) is 42.6 Å². The monoisotopic (exact) mass is 417 g/mol. The van der Waals surface area contributed by atoms with Crippen molar-refractivity contribution < 1.29 is 23.0 Å². The van der Waals surface area contributed by atoms with Crippen molar-refractivity contribution in [1.29, 1.82) is 0 Å². The number of alkyl halides is 2. The first-order chi connectivity index (χ1) is 14.4. The van der Waals surface area contributed by atoms with Crippen LogP contribution in [-0.2, 0) is 11.3 Å². The lowest BCUT2D eigenvalue weighted by Crippen LogP contribution is -2.25. The topological polar surface area (TPSA) is 63.7 Å². The normalized spacial score (nSPS) is 21.9. The summed E-state index contributed by atoms with van der Waals surface area (Å²) in [6.45, 7) is 3.56. The van der Waals surface area contributed by atoms with E-state index >= 15 is 0 Å². The van der Waals surface area contributed by atoms with E-state index in [1.54, 1.807) is 12.3 Å². The minimum Gasteiger partial charge on any atom is -0.491 e. The van der Waals surface area contributed by atoms with Gasteiger partial charge in [-0.05, 0) is 29.8 Å². The molecular weight excluding hydrogens is 392 g/mol. The number of hydrogen-bond donors (Lipinski definition) is 1. The molecule has 1 saturated carbocycles. The van der Waals surface area contributed by atoms with Crippen molar-refractivity contribution in [1.82, 2.24) is 10.3 Å². The molecule has 0 bridgehead atoms. The summed E-state index contributed by atoms with van der Waals surface area (Å²) in [5.41, 5.74) is 1.02. The van der Waals surface area contributed by atoms with E-state index in [0.29, 0.717) is 12.3 Å². The molecule has 0 spiro atoms. The fraction of sp³-hybridized carbons (Fsp3) is 0.455. The highest BCUT2D eigenvalue weighted by Crippen LogP contribution is 2.48. The lowest BCUT2D eigenvalue weighted by molar-refractivity contribution is -0.119. The van der Waals surface area contributed by atoms with Gasteiger partial charge in [-0.2, -0.15) is 0 Å². The standard InChI is InChI=1S/C22H25F2N3O3/c1-15(28)25-11-16-2-4-18(5-3-16)30-20-8-9-27(13-20)21-7-6-19(12-26-21)29-14-17-10-22(17,23)24/h2-7,12,17,20H,8-11,13-14H2,1H3,(H,25,28). The van der Waals surface area contributed by atoms with E-state index in [9.17, 15) is 13.6 Å². The second-order valence-corrected chi connectivity index (χ2v) is 7.85. The second kappa shape index (κ2) is 8.45. The molecule has 2 fully saturated rings. The molecular formula is C22H25F2N3O3. The molecule has 2 heterocycles. The molecule has 2 unspecified atom stereocenters. The molecule has 0 radical (unpaired) electrons. The number of carbonyl (C=O) groups excluding carboxylic acids is 1. The summed E-state index contributed by atoms with van der Waals surface area (Å²) in [4.78, 5) is 17.5. The number of benzene rings is 1. The van der Waals surface area contributed by atoms with Crippen molar-refractivity contribution in [2.24, 2.45) is 5.92 Å². The number of amides is 1. The zero-order valence-electron chi connectivity index (χ0n) is 16.8. The summed E-state index contributed by atoms with van der Waals surface area (Å²) in [5.74, 6) is -1.18. The Bertz CT molecular complexity index is 874. The van der Waals surface area contributed by atoms with Gasteiger partial charge in [0.1, 0.15) is 23.4 Å². The van der Waals surface area contributed by atoms with Crippen LogP contribution in [0.3, 0.4) is 0 Å². The molecule has 4 rings (SSSR count). The van der Waals surface area contributed by atoms with Crippen LogP contribution in [0.25, 0.3) is 0 Å². The molecule has 160 valence electrons. The third kappa shape index (κ3) is 5.17. The average Bonchev–Trinajstić information content (AvgIpc) is 3.10. The minimum atomic E-state index is -2.57. The number of carbonyl (C=O) groups is 1. The van der Waals surface area contributed by atoms with Gasteiger partial charge in [-0.15, -0.1) is 0 Å². The lowest BCUT2D eigenvalue weighted by atomic mass is 10.2. The maximum Gasteiger partial charge on any atom is 0.255 e. The van der Waals surface area contributed by atoms with E-state index in [4.69, 9.17) is 9.47 Å². The van der Waals surface area contributed by atoms with Crippen LogP contribution in [-0.4, -0.2) is 42.6 Å². The fourth-order valence-corrected chi connectivity index (χ4v) is 3.43. The Morgan fingerprint density at radius 1 is 1.23 bits per heavy atom. The zero-order valence-corrected chi connectivity index (χ0v) is 16.8. The Balaban J connectivity index is 1.24. The molecule has 1 aliphatic carbocycles. The van der Waals surface area contributed by atoms with E-state index < -0.39 is 11.8 Å². The van der Waals surface area contributed by atoms with Gasteiger partial charge in [-0.3, -0.25) is 4.79 Å². The summed E-state index contributed by atoms with van der Waals surface area (Å²) in [6.07, 6.45) is 2.43. The Morgan fingerprint density at radius 2 is 1.97 bits per heavy atom. The summed E-state index contributed by atoms with van der Waals surface area (Å²) >= 11 is 0. The van der Waals surface area contributed by atoms with Crippen molar-refractivity contribution in [2.75, 3.05) is 24.6 Å². The van der Waals surface area contributed by atoms with Gasteiger partial charge in [0.25, 0.3) is 5.92 Å². The molecule has 1 saturated heterocycles. The molecule has 6 nitrogen and oxygen atoms in total. The summed E-state index contributed by atoms with van der Waals surface area (Å²) in [5, 5.41) is 2.77. The number of aromatic nitrogens is 1. The van der Waals surface area contributed by atoms with Gasteiger partial charge in [0.05, 0.1) is 25.3 Å². The van der Waals surface area contributed by atoms with Crippen LogP contribution in [0.2, 0.25) is 0 Å². The van der Waals surface area contributed by atoms with E-state index in [1.807, 2.05) is 30.3 Å². The predicted octanol–water partition coefficient (Wildman–Crippen LogP) is 3.41. The minimum absolute atomic E-state index is 0.0251. The molecule has 1 amide bonds. The maximum absolute atomic E-state index is 12.9. The first-order valence-corrected chi connectivity index (χ1v) is 10.1. The second-order valence-electron chi connectivity index (χ2n) is 7.85. The van der Waals surface area contributed by atoms with Crippen LogP contribution >= 0.6 is 0 Å². The summed E-state index contributed by atoms with van der Waals surface area (Å²) in [6, 6.07) is 11.3. The quantitative estimate of drug-likeness (QED) is 0.713. The molecule has 2 aliphatic rings. The smallest absolute Gasteiger partial charge is 0.255 e. The van der Waals surface area contributed by atoms with Crippen LogP contribution in [0.4, 0.5) is 14.6 Å². The molecule has 2 atom stereocenters. The highest BCUT2D eigenvalue weighted by atomic mass is 19.3. The van der Waals surface area contributed by atoms with Gasteiger partial charge < -0.3 is 19.7 Å². The molecule has 1 N–H and O–H groups in total. The third-order valence-electron chi connectivity index (χ3n) is 5.36. The number of ether oxygens (including phenoxy) is 2. The van der Waals surface area contributed by atoms with Gasteiger partial charge in [-0.1, -0.05) is 12.1 Å². The first kappa shape index (κ1) is 20.4. The molecule has 2 aromatic rings. The SMILES string of the molecule is CC(=O)NCc1ccc(OC2CCN(c3ccc(OCC4CC4(F)F)cn3)C2)cc1. The highest BCUT2D eigenvalue weighted by Gasteiger charge is 2.57. The van der Waals surface area contributed by atoms with E-state index in [2.05, 4.69) is 15.2 Å². The Hall–Kier alpha value is -2.90. The zero-order chi connectivity index (χ0) is 21.1. The molecule has 30 heavy (non-hydrogen) atoms. The molecule has 8 heteroatoms. The predicted molar refractivity (Wildman–Crippen MR) is 108 cm³/mol. The highest BCUT2D eigenvalue weighted by molar-refractivity contribution is 5.72. The van der Waals surface area contributed by atoms with E-state index in [-0.39, 0.29) is 25.0 Å². The lowest BCUT2D eigenvalue weighted by Gasteiger charge is -2.18. The third-order valence-corrected chi connectivity index (χ3v) is 5.36. The number of anilines is 1. The van der Waals surface area contributed by atoms with Crippen molar-refractivity contribution in [3.05, 3.63) is 48.2 Å². The molecule has 1 aromatic heterocycles. The molecule has 1 aromatic carbocycles. The van der Waals surface area contributed by atoms with Crippen molar-refractivity contribution in [3.63, 3.8) is 0 Å². The van der Waals surface area contributed by atoms with E-state index in [0.717, 1.165) is 36.6 Å². The largest absolute Gasteiger partial charge is 0.491 e. The number of rotatable bonds is 8. The van der Waals surface area contributed by atoms with Gasteiger partial charge in [0, 0.05) is 32.9 Å². The first-order valence-electron chi connectivity index (χ1n) is 10.1. The van der Waals surface area contributed by atoms with Crippen molar-refractivity contribution in [2.45, 2.75) is 38.3 Å². The van der Waals surface area contributed by atoms with Gasteiger partial charge in [0.2, 0.25) is 5.91 Å². The summed E-state index contributed by atoms with van der Waals surface area (Å²) in [7, 11) is 0. The number of halogens is 2. The average molecular weight is 417 g/mol. The number of nitrogens with one attached hydrogen (secondary N) is 1. The van der Waals surface area contributed by atoms with Gasteiger partial charge >= 0.3 is 0 Å². The van der Waals surface area contributed by atoms with Crippen LogP contribution in [0.5, 0.6) is 11.5 Å². The van der Waals surface area contributed by atoms with Gasteiger partial charge in [0.15, 0.2) is 0 Å². The number of nitrogens with zero attached hydrogens (tertiary/aromatic N) is 2. The van der Waals surface area contributed by atoms with Crippen molar-refractivity contribution in [3.8, 4) is 11.5 Å². The van der Waals surface area contributed by atoms with Gasteiger partial charge in [-0.25, -0.2) is 13.8 Å². The number of pyridine rings is 1. The Labute approximate surface area is 174 Å². The molecule has 1 aliphatic heterocycles. The van der Waals surface area contributed by atoms with Crippen LogP contribution in [0, 0.1) is 5.92 Å². The maximum atomic E-state index is 12.9. The summed E-state index contributed by atoms with van der Waals surface area (Å²) < 4.78 is 37.3. The van der Waals surface area contributed by atoms with Crippen LogP contribution in [0.1, 0.15) is 25.3 Å². The van der Waals surface area contributed by atoms with Crippen molar-refractivity contribution >= 4 is 11.7 Å². The van der Waals surface area contributed by atoms with E-state index in [1.165, 1.54) is 6.92 Å². The Kier molecular flexibility index (Phi) is 5.74. The van der Waals surface area contributed by atoms with Crippen LogP contribution < -0.4 is 19.7 Å².